The molecule has 1 fully saturated rings. The molecule has 0 radical (unpaired) electrons. The number of hydrogen-bond acceptors (Lipinski definition) is 5. The molecule has 0 saturated carbocycles. The molecular formula is C19H25FN6O2. The van der Waals surface area contributed by atoms with Crippen molar-refractivity contribution in [1.82, 2.24) is 30.3 Å². The standard InChI is InChI=1S/C19H25FN6O2/c1-2-25-13-23-24-17(25)7-8-21-18(27)11-16-19(28)22-9-10-26(16)12-14-3-5-15(20)6-4-14/h3-6,13,16H,2,7-12H2,1H3,(H,21,27)(H,22,28)/t16-/m1/s1. The number of halogens is 1. The number of rotatable bonds is 8. The zero-order valence-corrected chi connectivity index (χ0v) is 15.9. The van der Waals surface area contributed by atoms with E-state index in [1.165, 1.54) is 12.1 Å². The lowest BCUT2D eigenvalue weighted by molar-refractivity contribution is -0.134. The maximum Gasteiger partial charge on any atom is 0.237 e. The fraction of sp³-hybridized carbons (Fsp3) is 0.474. The monoisotopic (exact) mass is 388 g/mol. The van der Waals surface area contributed by atoms with Crippen molar-refractivity contribution >= 4 is 11.8 Å². The van der Waals surface area contributed by atoms with Crippen LogP contribution < -0.4 is 10.6 Å². The van der Waals surface area contributed by atoms with E-state index in [4.69, 9.17) is 0 Å². The van der Waals surface area contributed by atoms with Crippen LogP contribution in [0.1, 0.15) is 24.7 Å². The number of carbonyl (C=O) groups excluding carboxylic acids is 2. The molecule has 1 aromatic carbocycles. The third-order valence-electron chi connectivity index (χ3n) is 4.83. The predicted molar refractivity (Wildman–Crippen MR) is 101 cm³/mol. The molecule has 1 aliphatic rings. The third-order valence-corrected chi connectivity index (χ3v) is 4.83. The van der Waals surface area contributed by atoms with Crippen molar-refractivity contribution in [2.75, 3.05) is 19.6 Å². The molecule has 0 aliphatic carbocycles. The second kappa shape index (κ2) is 9.41. The first kappa shape index (κ1) is 19.9. The number of benzene rings is 1. The molecule has 2 aromatic rings. The number of piperazine rings is 1. The van der Waals surface area contributed by atoms with Gasteiger partial charge in [-0.15, -0.1) is 10.2 Å². The molecular weight excluding hydrogens is 363 g/mol. The van der Waals surface area contributed by atoms with Crippen LogP contribution in [-0.2, 0) is 29.1 Å². The minimum atomic E-state index is -0.543. The van der Waals surface area contributed by atoms with E-state index in [0.717, 1.165) is 17.9 Å². The maximum atomic E-state index is 13.1. The Morgan fingerprint density at radius 3 is 2.89 bits per heavy atom. The Hall–Kier alpha value is -2.81. The Kier molecular flexibility index (Phi) is 6.70. The number of nitrogens with zero attached hydrogens (tertiary/aromatic N) is 4. The van der Waals surface area contributed by atoms with Crippen LogP contribution in [0.2, 0.25) is 0 Å². The molecule has 3 rings (SSSR count). The summed E-state index contributed by atoms with van der Waals surface area (Å²) < 4.78 is 15.0. The first-order valence-corrected chi connectivity index (χ1v) is 9.46. The van der Waals surface area contributed by atoms with Gasteiger partial charge < -0.3 is 15.2 Å². The largest absolute Gasteiger partial charge is 0.356 e. The van der Waals surface area contributed by atoms with Crippen LogP contribution in [0.3, 0.4) is 0 Å². The molecule has 2 N–H and O–H groups in total. The quantitative estimate of drug-likeness (QED) is 0.687. The van der Waals surface area contributed by atoms with E-state index in [9.17, 15) is 14.0 Å². The Morgan fingerprint density at radius 2 is 2.14 bits per heavy atom. The lowest BCUT2D eigenvalue weighted by Gasteiger charge is -2.34. The predicted octanol–water partition coefficient (Wildman–Crippen LogP) is 0.487. The average Bonchev–Trinajstić information content (AvgIpc) is 3.14. The first-order chi connectivity index (χ1) is 13.6. The lowest BCUT2D eigenvalue weighted by Crippen LogP contribution is -2.56. The molecule has 2 amide bonds. The maximum absolute atomic E-state index is 13.1. The topological polar surface area (TPSA) is 92.1 Å². The number of aryl methyl sites for hydroxylation is 1. The number of aromatic nitrogens is 3. The summed E-state index contributed by atoms with van der Waals surface area (Å²) in [5.41, 5.74) is 0.903. The van der Waals surface area contributed by atoms with Gasteiger partial charge in [-0.05, 0) is 24.6 Å². The summed E-state index contributed by atoms with van der Waals surface area (Å²) in [5.74, 6) is 0.175. The minimum Gasteiger partial charge on any atom is -0.356 e. The molecule has 1 atom stereocenters. The van der Waals surface area contributed by atoms with Gasteiger partial charge in [-0.1, -0.05) is 12.1 Å². The van der Waals surface area contributed by atoms with Gasteiger partial charge in [-0.2, -0.15) is 0 Å². The van der Waals surface area contributed by atoms with Crippen LogP contribution >= 0.6 is 0 Å². The SMILES string of the molecule is CCn1cnnc1CCNC(=O)C[C@@H]1C(=O)NCCN1Cc1ccc(F)cc1. The molecule has 28 heavy (non-hydrogen) atoms. The summed E-state index contributed by atoms with van der Waals surface area (Å²) in [4.78, 5) is 26.6. The van der Waals surface area contributed by atoms with Gasteiger partial charge in [-0.25, -0.2) is 4.39 Å². The van der Waals surface area contributed by atoms with Crippen LogP contribution in [0.15, 0.2) is 30.6 Å². The van der Waals surface area contributed by atoms with Crippen molar-refractivity contribution in [3.05, 3.63) is 47.8 Å². The fourth-order valence-corrected chi connectivity index (χ4v) is 3.30. The van der Waals surface area contributed by atoms with E-state index < -0.39 is 6.04 Å². The highest BCUT2D eigenvalue weighted by Crippen LogP contribution is 2.14. The Morgan fingerprint density at radius 1 is 1.36 bits per heavy atom. The second-order valence-electron chi connectivity index (χ2n) is 6.74. The summed E-state index contributed by atoms with van der Waals surface area (Å²) in [6, 6.07) is 5.65. The number of nitrogens with one attached hydrogen (secondary N) is 2. The van der Waals surface area contributed by atoms with Gasteiger partial charge in [0.05, 0.1) is 12.5 Å². The van der Waals surface area contributed by atoms with E-state index in [0.29, 0.717) is 32.6 Å². The summed E-state index contributed by atoms with van der Waals surface area (Å²) in [7, 11) is 0. The van der Waals surface area contributed by atoms with Gasteiger partial charge in [-0.3, -0.25) is 14.5 Å². The van der Waals surface area contributed by atoms with Crippen LogP contribution in [0.25, 0.3) is 0 Å². The second-order valence-corrected chi connectivity index (χ2v) is 6.74. The van der Waals surface area contributed by atoms with Crippen molar-refractivity contribution in [3.63, 3.8) is 0 Å². The smallest absolute Gasteiger partial charge is 0.237 e. The highest BCUT2D eigenvalue weighted by atomic mass is 19.1. The normalized spacial score (nSPS) is 17.4. The van der Waals surface area contributed by atoms with E-state index in [1.807, 2.05) is 16.4 Å². The highest BCUT2D eigenvalue weighted by molar-refractivity contribution is 5.88. The Bertz CT molecular complexity index is 807. The Labute approximate surface area is 163 Å². The minimum absolute atomic E-state index is 0.0769. The van der Waals surface area contributed by atoms with E-state index in [2.05, 4.69) is 20.8 Å². The Balaban J connectivity index is 1.53. The van der Waals surface area contributed by atoms with E-state index in [-0.39, 0.29) is 24.1 Å². The molecule has 8 nitrogen and oxygen atoms in total. The molecule has 150 valence electrons. The van der Waals surface area contributed by atoms with Gasteiger partial charge in [0.25, 0.3) is 0 Å². The molecule has 9 heteroatoms. The van der Waals surface area contributed by atoms with Crippen LogP contribution in [-0.4, -0.2) is 57.2 Å². The van der Waals surface area contributed by atoms with Crippen molar-refractivity contribution in [2.45, 2.75) is 38.9 Å². The first-order valence-electron chi connectivity index (χ1n) is 9.46. The van der Waals surface area contributed by atoms with Crippen molar-refractivity contribution < 1.29 is 14.0 Å². The molecule has 1 saturated heterocycles. The van der Waals surface area contributed by atoms with Crippen LogP contribution in [0.4, 0.5) is 4.39 Å². The zero-order valence-electron chi connectivity index (χ0n) is 15.9. The number of hydrogen-bond donors (Lipinski definition) is 2. The van der Waals surface area contributed by atoms with E-state index >= 15 is 0 Å². The third kappa shape index (κ3) is 5.13. The lowest BCUT2D eigenvalue weighted by atomic mass is 10.1. The average molecular weight is 388 g/mol. The van der Waals surface area contributed by atoms with Crippen LogP contribution in [0.5, 0.6) is 0 Å². The fourth-order valence-electron chi connectivity index (χ4n) is 3.30. The van der Waals surface area contributed by atoms with Gasteiger partial charge in [0.2, 0.25) is 11.8 Å². The van der Waals surface area contributed by atoms with Crippen molar-refractivity contribution in [1.29, 1.82) is 0 Å². The van der Waals surface area contributed by atoms with Gasteiger partial charge in [0.15, 0.2) is 0 Å². The molecule has 1 aliphatic heterocycles. The molecule has 0 bridgehead atoms. The molecule has 0 spiro atoms. The highest BCUT2D eigenvalue weighted by Gasteiger charge is 2.31. The summed E-state index contributed by atoms with van der Waals surface area (Å²) in [6.45, 7) is 4.88. The molecule has 1 aromatic heterocycles. The number of carbonyl (C=O) groups is 2. The van der Waals surface area contributed by atoms with Gasteiger partial charge >= 0.3 is 0 Å². The summed E-state index contributed by atoms with van der Waals surface area (Å²) in [6.07, 6.45) is 2.32. The van der Waals surface area contributed by atoms with Gasteiger partial charge in [0, 0.05) is 39.1 Å². The van der Waals surface area contributed by atoms with Crippen molar-refractivity contribution in [2.24, 2.45) is 0 Å². The van der Waals surface area contributed by atoms with Gasteiger partial charge in [0.1, 0.15) is 18.0 Å². The number of amides is 2. The zero-order chi connectivity index (χ0) is 19.9. The van der Waals surface area contributed by atoms with Crippen LogP contribution in [0, 0.1) is 5.82 Å². The van der Waals surface area contributed by atoms with E-state index in [1.54, 1.807) is 18.5 Å². The summed E-state index contributed by atoms with van der Waals surface area (Å²) in [5, 5.41) is 13.6. The summed E-state index contributed by atoms with van der Waals surface area (Å²) >= 11 is 0. The molecule has 0 unspecified atom stereocenters. The van der Waals surface area contributed by atoms with Crippen molar-refractivity contribution in [3.8, 4) is 0 Å². The molecule has 2 heterocycles.